The van der Waals surface area contributed by atoms with E-state index >= 15 is 0 Å². The Morgan fingerprint density at radius 1 is 1.23 bits per heavy atom. The standard InChI is InChI=1S/C21H21ClN4O3S/c22-15-9-7-14(8-10-15)19(20(27)23-16-4-1-2-5-16)26(12-17-6-3-11-29-17)21(28)18-13-30-25-24-18/h3,6-11,13,16,19H,1-2,4-5,12H2,(H,23,27)/t19-/m1/s1. The van der Waals surface area contributed by atoms with Gasteiger partial charge in [0.25, 0.3) is 5.91 Å². The molecular formula is C21H21ClN4O3S. The summed E-state index contributed by atoms with van der Waals surface area (Å²) >= 11 is 7.15. The minimum atomic E-state index is -0.859. The zero-order valence-corrected chi connectivity index (χ0v) is 17.7. The number of hydrogen-bond acceptors (Lipinski definition) is 6. The summed E-state index contributed by atoms with van der Waals surface area (Å²) in [5, 5.41) is 9.17. The van der Waals surface area contributed by atoms with E-state index in [9.17, 15) is 9.59 Å². The number of nitrogens with zero attached hydrogens (tertiary/aromatic N) is 3. The van der Waals surface area contributed by atoms with Crippen LogP contribution in [0.3, 0.4) is 0 Å². The van der Waals surface area contributed by atoms with E-state index in [2.05, 4.69) is 14.9 Å². The number of halogens is 1. The molecule has 1 aliphatic rings. The lowest BCUT2D eigenvalue weighted by molar-refractivity contribution is -0.126. The topological polar surface area (TPSA) is 88.3 Å². The van der Waals surface area contributed by atoms with Crippen LogP contribution in [-0.2, 0) is 11.3 Å². The van der Waals surface area contributed by atoms with Crippen LogP contribution in [0.2, 0.25) is 5.02 Å². The Balaban J connectivity index is 1.71. The summed E-state index contributed by atoms with van der Waals surface area (Å²) in [6.07, 6.45) is 5.62. The van der Waals surface area contributed by atoms with Gasteiger partial charge >= 0.3 is 0 Å². The van der Waals surface area contributed by atoms with Gasteiger partial charge in [0.2, 0.25) is 5.91 Å². The van der Waals surface area contributed by atoms with Gasteiger partial charge in [-0.2, -0.15) is 0 Å². The van der Waals surface area contributed by atoms with E-state index in [0.29, 0.717) is 16.3 Å². The smallest absolute Gasteiger partial charge is 0.276 e. The van der Waals surface area contributed by atoms with Gasteiger partial charge in [-0.3, -0.25) is 9.59 Å². The summed E-state index contributed by atoms with van der Waals surface area (Å²) in [7, 11) is 0. The Morgan fingerprint density at radius 3 is 2.63 bits per heavy atom. The molecule has 9 heteroatoms. The van der Waals surface area contributed by atoms with E-state index in [-0.39, 0.29) is 30.1 Å². The van der Waals surface area contributed by atoms with Gasteiger partial charge in [0, 0.05) is 16.4 Å². The highest BCUT2D eigenvalue weighted by Gasteiger charge is 2.35. The Labute approximate surface area is 183 Å². The first-order chi connectivity index (χ1) is 14.6. The Kier molecular flexibility index (Phi) is 6.44. The molecule has 2 aromatic heterocycles. The summed E-state index contributed by atoms with van der Waals surface area (Å²) in [5.41, 5.74) is 0.858. The van der Waals surface area contributed by atoms with Crippen molar-refractivity contribution in [3.8, 4) is 0 Å². The summed E-state index contributed by atoms with van der Waals surface area (Å²) in [5.74, 6) is -0.0480. The number of amides is 2. The number of rotatable bonds is 7. The van der Waals surface area contributed by atoms with Crippen LogP contribution in [0.25, 0.3) is 0 Å². The van der Waals surface area contributed by atoms with Crippen LogP contribution in [0, 0.1) is 0 Å². The summed E-state index contributed by atoms with van der Waals surface area (Å²) in [6.45, 7) is 0.120. The van der Waals surface area contributed by atoms with E-state index in [0.717, 1.165) is 37.2 Å². The third kappa shape index (κ3) is 4.71. The number of aromatic nitrogens is 2. The summed E-state index contributed by atoms with van der Waals surface area (Å²) in [4.78, 5) is 28.2. The molecule has 1 N–H and O–H groups in total. The molecule has 30 heavy (non-hydrogen) atoms. The fraction of sp³-hybridized carbons (Fsp3) is 0.333. The van der Waals surface area contributed by atoms with Gasteiger partial charge < -0.3 is 14.6 Å². The maximum Gasteiger partial charge on any atom is 0.276 e. The normalized spacial score (nSPS) is 15.1. The van der Waals surface area contributed by atoms with Gasteiger partial charge in [0.05, 0.1) is 12.8 Å². The van der Waals surface area contributed by atoms with Crippen molar-refractivity contribution in [3.63, 3.8) is 0 Å². The molecule has 0 aliphatic heterocycles. The molecule has 2 amide bonds. The zero-order valence-electron chi connectivity index (χ0n) is 16.2. The predicted molar refractivity (Wildman–Crippen MR) is 113 cm³/mol. The molecule has 1 aliphatic carbocycles. The number of furan rings is 1. The number of hydrogen-bond donors (Lipinski definition) is 1. The van der Waals surface area contributed by atoms with Crippen molar-refractivity contribution in [2.24, 2.45) is 0 Å². The molecule has 0 bridgehead atoms. The molecule has 1 fully saturated rings. The highest BCUT2D eigenvalue weighted by atomic mass is 35.5. The maximum absolute atomic E-state index is 13.4. The van der Waals surface area contributed by atoms with Crippen LogP contribution in [0.15, 0.2) is 52.5 Å². The molecule has 1 saturated carbocycles. The van der Waals surface area contributed by atoms with Crippen LogP contribution in [-0.4, -0.2) is 32.3 Å². The van der Waals surface area contributed by atoms with Gasteiger partial charge in [-0.15, -0.1) is 5.10 Å². The van der Waals surface area contributed by atoms with Gasteiger partial charge in [-0.25, -0.2) is 0 Å². The number of carbonyl (C=O) groups is 2. The van der Waals surface area contributed by atoms with Gasteiger partial charge in [-0.05, 0) is 54.2 Å². The van der Waals surface area contributed by atoms with Gasteiger partial charge in [-0.1, -0.05) is 41.1 Å². The van der Waals surface area contributed by atoms with Crippen molar-refractivity contribution in [2.45, 2.75) is 44.3 Å². The number of nitrogens with one attached hydrogen (secondary N) is 1. The minimum Gasteiger partial charge on any atom is -0.467 e. The van der Waals surface area contributed by atoms with Gasteiger partial charge in [0.15, 0.2) is 5.69 Å². The average molecular weight is 445 g/mol. The molecule has 1 atom stereocenters. The Morgan fingerprint density at radius 2 is 2.00 bits per heavy atom. The zero-order chi connectivity index (χ0) is 20.9. The van der Waals surface area contributed by atoms with Crippen LogP contribution >= 0.6 is 23.1 Å². The molecule has 0 unspecified atom stereocenters. The molecule has 0 saturated heterocycles. The first-order valence-electron chi connectivity index (χ1n) is 9.78. The van der Waals surface area contributed by atoms with Crippen LogP contribution < -0.4 is 5.32 Å². The third-order valence-electron chi connectivity index (χ3n) is 5.19. The molecular weight excluding hydrogens is 424 g/mol. The molecule has 0 radical (unpaired) electrons. The van der Waals surface area contributed by atoms with Gasteiger partial charge in [0.1, 0.15) is 11.8 Å². The lowest BCUT2D eigenvalue weighted by atomic mass is 10.0. The van der Waals surface area contributed by atoms with Crippen molar-refractivity contribution < 1.29 is 14.0 Å². The van der Waals surface area contributed by atoms with Crippen LogP contribution in [0.1, 0.15) is 53.5 Å². The highest BCUT2D eigenvalue weighted by molar-refractivity contribution is 7.03. The maximum atomic E-state index is 13.4. The van der Waals surface area contributed by atoms with E-state index in [1.54, 1.807) is 41.8 Å². The summed E-state index contributed by atoms with van der Waals surface area (Å²) in [6, 6.07) is 9.74. The lowest BCUT2D eigenvalue weighted by Gasteiger charge is -2.31. The van der Waals surface area contributed by atoms with E-state index in [4.69, 9.17) is 16.0 Å². The van der Waals surface area contributed by atoms with Crippen LogP contribution in [0.4, 0.5) is 0 Å². The SMILES string of the molecule is O=C(NC1CCCC1)[C@@H](c1ccc(Cl)cc1)N(Cc1ccco1)C(=O)c1csnn1. The monoisotopic (exact) mass is 444 g/mol. The second-order valence-electron chi connectivity index (χ2n) is 7.25. The first-order valence-corrected chi connectivity index (χ1v) is 11.0. The van der Waals surface area contributed by atoms with E-state index < -0.39 is 6.04 Å². The molecule has 2 heterocycles. The van der Waals surface area contributed by atoms with Crippen molar-refractivity contribution in [2.75, 3.05) is 0 Å². The summed E-state index contributed by atoms with van der Waals surface area (Å²) < 4.78 is 9.27. The quantitative estimate of drug-likeness (QED) is 0.589. The Bertz CT molecular complexity index is 970. The molecule has 0 spiro atoms. The second kappa shape index (κ2) is 9.40. The lowest BCUT2D eigenvalue weighted by Crippen LogP contribution is -2.46. The molecule has 4 rings (SSSR count). The highest BCUT2D eigenvalue weighted by Crippen LogP contribution is 2.28. The second-order valence-corrected chi connectivity index (χ2v) is 8.29. The molecule has 156 valence electrons. The minimum absolute atomic E-state index is 0.119. The first kappa shape index (κ1) is 20.6. The average Bonchev–Trinajstić information content (AvgIpc) is 3.52. The van der Waals surface area contributed by atoms with Crippen molar-refractivity contribution in [1.29, 1.82) is 0 Å². The number of benzene rings is 1. The number of carbonyl (C=O) groups excluding carboxylic acids is 2. The third-order valence-corrected chi connectivity index (χ3v) is 5.95. The van der Waals surface area contributed by atoms with E-state index in [1.165, 1.54) is 11.2 Å². The fourth-order valence-corrected chi connectivity index (χ4v) is 4.28. The van der Waals surface area contributed by atoms with Crippen molar-refractivity contribution >= 4 is 34.9 Å². The van der Waals surface area contributed by atoms with Crippen molar-refractivity contribution in [1.82, 2.24) is 19.8 Å². The largest absolute Gasteiger partial charge is 0.467 e. The van der Waals surface area contributed by atoms with E-state index in [1.807, 2.05) is 0 Å². The molecule has 7 nitrogen and oxygen atoms in total. The van der Waals surface area contributed by atoms with Crippen molar-refractivity contribution in [3.05, 3.63) is 70.1 Å². The predicted octanol–water partition coefficient (Wildman–Crippen LogP) is 4.23. The van der Waals surface area contributed by atoms with Crippen LogP contribution in [0.5, 0.6) is 0 Å². The molecule has 3 aromatic rings. The fourth-order valence-electron chi connectivity index (χ4n) is 3.72. The Hall–Kier alpha value is -2.71. The molecule has 1 aromatic carbocycles.